The molecule has 0 aliphatic carbocycles. The Balaban J connectivity index is 1.39. The third-order valence-corrected chi connectivity index (χ3v) is 4.23. The summed E-state index contributed by atoms with van der Waals surface area (Å²) in [5, 5.41) is 23.4. The van der Waals surface area contributed by atoms with Crippen molar-refractivity contribution in [1.29, 1.82) is 5.26 Å². The Labute approximate surface area is 174 Å². The minimum atomic E-state index is 0.297. The van der Waals surface area contributed by atoms with Crippen molar-refractivity contribution in [3.8, 4) is 11.8 Å². The van der Waals surface area contributed by atoms with Crippen LogP contribution in [0.15, 0.2) is 85.1 Å². The Bertz CT molecular complexity index is 1160. The van der Waals surface area contributed by atoms with Gasteiger partial charge in [-0.25, -0.2) is 0 Å². The van der Waals surface area contributed by atoms with E-state index in [1.807, 2.05) is 60.7 Å². The number of nitrogens with one attached hydrogen (secondary N) is 2. The Morgan fingerprint density at radius 2 is 1.63 bits per heavy atom. The first-order valence-corrected chi connectivity index (χ1v) is 9.30. The summed E-state index contributed by atoms with van der Waals surface area (Å²) in [5.41, 5.74) is 3.08. The summed E-state index contributed by atoms with van der Waals surface area (Å²) in [7, 11) is 0. The van der Waals surface area contributed by atoms with Crippen LogP contribution in [0.1, 0.15) is 11.1 Å². The average Bonchev–Trinajstić information content (AvgIpc) is 2.80. The van der Waals surface area contributed by atoms with E-state index in [9.17, 15) is 5.26 Å². The number of hydrogen-bond donors (Lipinski definition) is 2. The van der Waals surface area contributed by atoms with Crippen molar-refractivity contribution in [2.24, 2.45) is 0 Å². The van der Waals surface area contributed by atoms with Crippen LogP contribution in [0.5, 0.6) is 5.75 Å². The molecule has 0 atom stereocenters. The Morgan fingerprint density at radius 1 is 0.867 bits per heavy atom. The lowest BCUT2D eigenvalue weighted by atomic mass is 10.2. The van der Waals surface area contributed by atoms with Gasteiger partial charge < -0.3 is 15.4 Å². The maximum absolute atomic E-state index is 9.20. The molecule has 1 heterocycles. The number of nitriles is 1. The van der Waals surface area contributed by atoms with E-state index in [0.717, 1.165) is 17.0 Å². The molecule has 0 saturated heterocycles. The van der Waals surface area contributed by atoms with Gasteiger partial charge in [-0.1, -0.05) is 42.5 Å². The molecule has 4 aromatic rings. The van der Waals surface area contributed by atoms with Crippen molar-refractivity contribution >= 4 is 23.1 Å². The molecule has 2 N–H and O–H groups in total. The van der Waals surface area contributed by atoms with Gasteiger partial charge in [0.25, 0.3) is 0 Å². The first-order chi connectivity index (χ1) is 14.8. The van der Waals surface area contributed by atoms with Crippen molar-refractivity contribution in [3.05, 3.63) is 96.2 Å². The number of hydrogen-bond acceptors (Lipinski definition) is 7. The minimum Gasteiger partial charge on any atom is -0.489 e. The van der Waals surface area contributed by atoms with Crippen LogP contribution >= 0.6 is 0 Å². The summed E-state index contributed by atoms with van der Waals surface area (Å²) >= 11 is 0. The number of ether oxygens (including phenoxy) is 1. The highest BCUT2D eigenvalue weighted by Crippen LogP contribution is 2.21. The zero-order chi connectivity index (χ0) is 20.6. The van der Waals surface area contributed by atoms with Gasteiger partial charge in [0.05, 0.1) is 17.4 Å². The number of para-hydroxylation sites is 1. The van der Waals surface area contributed by atoms with E-state index in [1.54, 1.807) is 18.2 Å². The number of nitrogens with zero attached hydrogens (tertiary/aromatic N) is 4. The topological polar surface area (TPSA) is 95.8 Å². The molecule has 0 amide bonds. The van der Waals surface area contributed by atoms with Crippen molar-refractivity contribution in [3.63, 3.8) is 0 Å². The lowest BCUT2D eigenvalue weighted by Gasteiger charge is -2.10. The molecule has 0 aliphatic rings. The molecule has 0 radical (unpaired) electrons. The van der Waals surface area contributed by atoms with Crippen molar-refractivity contribution in [2.75, 3.05) is 10.6 Å². The SMILES string of the molecule is N#Cc1ccccc1Nc1nncc(Nc2ccc(OCc3ccccc3)cc2)n1. The van der Waals surface area contributed by atoms with Gasteiger partial charge >= 0.3 is 0 Å². The van der Waals surface area contributed by atoms with Crippen molar-refractivity contribution < 1.29 is 4.74 Å². The van der Waals surface area contributed by atoms with E-state index in [1.165, 1.54) is 6.20 Å². The molecular weight excluding hydrogens is 376 g/mol. The average molecular weight is 394 g/mol. The summed E-state index contributed by atoms with van der Waals surface area (Å²) in [5.74, 6) is 1.60. The van der Waals surface area contributed by atoms with E-state index in [4.69, 9.17) is 4.74 Å². The molecule has 0 aliphatic heterocycles. The van der Waals surface area contributed by atoms with E-state index in [-0.39, 0.29) is 0 Å². The fourth-order valence-electron chi connectivity index (χ4n) is 2.75. The molecule has 1 aromatic heterocycles. The fraction of sp³-hybridized carbons (Fsp3) is 0.0435. The molecule has 7 nitrogen and oxygen atoms in total. The van der Waals surface area contributed by atoms with Crippen LogP contribution in [0.25, 0.3) is 0 Å². The highest BCUT2D eigenvalue weighted by Gasteiger charge is 2.06. The molecule has 30 heavy (non-hydrogen) atoms. The van der Waals surface area contributed by atoms with Gasteiger partial charge in [0, 0.05) is 5.69 Å². The fourth-order valence-corrected chi connectivity index (χ4v) is 2.75. The van der Waals surface area contributed by atoms with E-state index in [2.05, 4.69) is 31.9 Å². The standard InChI is InChI=1S/C23H18N6O/c24-14-18-8-4-5-9-21(18)27-23-28-22(15-25-29-23)26-19-10-12-20(13-11-19)30-16-17-6-2-1-3-7-17/h1-13,15H,16H2,(H2,26,27,28,29). The maximum atomic E-state index is 9.20. The largest absolute Gasteiger partial charge is 0.489 e. The monoisotopic (exact) mass is 394 g/mol. The van der Waals surface area contributed by atoms with Crippen LogP contribution in [-0.2, 0) is 6.61 Å². The predicted octanol–water partition coefficient (Wildman–Crippen LogP) is 4.81. The number of aromatic nitrogens is 3. The maximum Gasteiger partial charge on any atom is 0.249 e. The molecule has 0 unspecified atom stereocenters. The summed E-state index contributed by atoms with van der Waals surface area (Å²) in [4.78, 5) is 4.40. The molecule has 146 valence electrons. The second kappa shape index (κ2) is 9.17. The zero-order valence-corrected chi connectivity index (χ0v) is 16.0. The highest BCUT2D eigenvalue weighted by atomic mass is 16.5. The van der Waals surface area contributed by atoms with Gasteiger partial charge in [0.15, 0.2) is 5.82 Å². The third kappa shape index (κ3) is 4.88. The summed E-state index contributed by atoms with van der Waals surface area (Å²) < 4.78 is 5.80. The van der Waals surface area contributed by atoms with Crippen LogP contribution in [-0.4, -0.2) is 15.2 Å². The zero-order valence-electron chi connectivity index (χ0n) is 16.0. The molecule has 0 bridgehead atoms. The summed E-state index contributed by atoms with van der Waals surface area (Å²) in [6.45, 7) is 0.517. The van der Waals surface area contributed by atoms with Crippen LogP contribution in [0.3, 0.4) is 0 Å². The van der Waals surface area contributed by atoms with Crippen molar-refractivity contribution in [1.82, 2.24) is 15.2 Å². The van der Waals surface area contributed by atoms with Crippen LogP contribution < -0.4 is 15.4 Å². The highest BCUT2D eigenvalue weighted by molar-refractivity contribution is 5.64. The van der Waals surface area contributed by atoms with Crippen molar-refractivity contribution in [2.45, 2.75) is 6.61 Å². The van der Waals surface area contributed by atoms with Crippen LogP contribution in [0.4, 0.5) is 23.1 Å². The van der Waals surface area contributed by atoms with Gasteiger partial charge in [-0.3, -0.25) is 0 Å². The Kier molecular flexibility index (Phi) is 5.78. The molecule has 0 spiro atoms. The summed E-state index contributed by atoms with van der Waals surface area (Å²) in [6, 6.07) is 26.9. The Hall–Kier alpha value is -4.44. The molecule has 4 rings (SSSR count). The number of anilines is 4. The van der Waals surface area contributed by atoms with Crippen LogP contribution in [0.2, 0.25) is 0 Å². The van der Waals surface area contributed by atoms with E-state index >= 15 is 0 Å². The second-order valence-corrected chi connectivity index (χ2v) is 6.37. The number of benzene rings is 3. The molecule has 0 fully saturated rings. The quantitative estimate of drug-likeness (QED) is 0.464. The first-order valence-electron chi connectivity index (χ1n) is 9.30. The van der Waals surface area contributed by atoms with Gasteiger partial charge in [-0.15, -0.1) is 5.10 Å². The normalized spacial score (nSPS) is 10.1. The van der Waals surface area contributed by atoms with Gasteiger partial charge in [0.2, 0.25) is 5.95 Å². The minimum absolute atomic E-state index is 0.297. The van der Waals surface area contributed by atoms with Gasteiger partial charge in [-0.2, -0.15) is 15.3 Å². The number of rotatable bonds is 7. The Morgan fingerprint density at radius 3 is 2.43 bits per heavy atom. The smallest absolute Gasteiger partial charge is 0.249 e. The van der Waals surface area contributed by atoms with E-state index < -0.39 is 0 Å². The first kappa shape index (κ1) is 18.9. The molecule has 7 heteroatoms. The second-order valence-electron chi connectivity index (χ2n) is 6.37. The van der Waals surface area contributed by atoms with Gasteiger partial charge in [-0.05, 0) is 42.0 Å². The van der Waals surface area contributed by atoms with Gasteiger partial charge in [0.1, 0.15) is 18.4 Å². The lowest BCUT2D eigenvalue weighted by molar-refractivity contribution is 0.306. The summed E-state index contributed by atoms with van der Waals surface area (Å²) in [6.07, 6.45) is 1.53. The molecule has 0 saturated carbocycles. The van der Waals surface area contributed by atoms with E-state index in [0.29, 0.717) is 29.6 Å². The third-order valence-electron chi connectivity index (χ3n) is 4.23. The predicted molar refractivity (Wildman–Crippen MR) is 115 cm³/mol. The molecular formula is C23H18N6O. The van der Waals surface area contributed by atoms with Crippen LogP contribution in [0, 0.1) is 11.3 Å². The molecule has 3 aromatic carbocycles. The lowest BCUT2D eigenvalue weighted by Crippen LogP contribution is -2.03.